The highest BCUT2D eigenvalue weighted by molar-refractivity contribution is 5.83. The molecule has 2 saturated heterocycles. The summed E-state index contributed by atoms with van der Waals surface area (Å²) >= 11 is 0. The van der Waals surface area contributed by atoms with Crippen molar-refractivity contribution in [3.8, 4) is 0 Å². The Morgan fingerprint density at radius 3 is 2.40 bits per heavy atom. The summed E-state index contributed by atoms with van der Waals surface area (Å²) < 4.78 is 0. The number of nitrogens with one attached hydrogen (secondary N) is 1. The van der Waals surface area contributed by atoms with Crippen LogP contribution in [0.15, 0.2) is 0 Å². The summed E-state index contributed by atoms with van der Waals surface area (Å²) in [5.41, 5.74) is 0.286. The number of carbonyl (C=O) groups is 1. The topological polar surface area (TPSA) is 32.3 Å². The summed E-state index contributed by atoms with van der Waals surface area (Å²) in [6.45, 7) is 13.0. The fourth-order valence-electron chi connectivity index (χ4n) is 4.01. The predicted octanol–water partition coefficient (Wildman–Crippen LogP) is 3.05. The van der Waals surface area contributed by atoms with Gasteiger partial charge in [0, 0.05) is 19.6 Å². The molecule has 2 heterocycles. The van der Waals surface area contributed by atoms with E-state index in [1.54, 1.807) is 0 Å². The number of hydrogen-bond acceptors (Lipinski definition) is 2. The molecule has 0 radical (unpaired) electrons. The van der Waals surface area contributed by atoms with E-state index in [0.717, 1.165) is 51.4 Å². The molecule has 1 N–H and O–H groups in total. The highest BCUT2D eigenvalue weighted by Gasteiger charge is 2.43. The Kier molecular flexibility index (Phi) is 4.78. The number of piperidine rings is 1. The van der Waals surface area contributed by atoms with Crippen LogP contribution in [-0.2, 0) is 4.79 Å². The van der Waals surface area contributed by atoms with Crippen molar-refractivity contribution in [3.63, 3.8) is 0 Å². The molecule has 3 nitrogen and oxygen atoms in total. The van der Waals surface area contributed by atoms with E-state index in [1.165, 1.54) is 12.8 Å². The van der Waals surface area contributed by atoms with Crippen molar-refractivity contribution in [1.82, 2.24) is 10.2 Å². The first kappa shape index (κ1) is 15.8. The van der Waals surface area contributed by atoms with E-state index in [9.17, 15) is 4.79 Å². The second-order valence-corrected chi connectivity index (χ2v) is 7.89. The van der Waals surface area contributed by atoms with Crippen molar-refractivity contribution in [2.75, 3.05) is 26.2 Å². The van der Waals surface area contributed by atoms with E-state index in [0.29, 0.717) is 11.3 Å². The first-order chi connectivity index (χ1) is 9.39. The molecule has 2 fully saturated rings. The fourth-order valence-corrected chi connectivity index (χ4v) is 4.01. The van der Waals surface area contributed by atoms with Gasteiger partial charge in [-0.15, -0.1) is 0 Å². The minimum atomic E-state index is -0.0939. The van der Waals surface area contributed by atoms with E-state index in [1.807, 2.05) is 0 Å². The molecule has 20 heavy (non-hydrogen) atoms. The molecule has 0 aromatic heterocycles. The van der Waals surface area contributed by atoms with Crippen molar-refractivity contribution < 1.29 is 4.79 Å². The molecule has 3 heteroatoms. The summed E-state index contributed by atoms with van der Waals surface area (Å²) in [5, 5.41) is 3.40. The highest BCUT2D eigenvalue weighted by atomic mass is 16.2. The maximum atomic E-state index is 13.0. The molecule has 2 rings (SSSR count). The van der Waals surface area contributed by atoms with Crippen molar-refractivity contribution in [2.24, 2.45) is 16.7 Å². The summed E-state index contributed by atoms with van der Waals surface area (Å²) in [4.78, 5) is 15.1. The van der Waals surface area contributed by atoms with Gasteiger partial charge in [0.1, 0.15) is 0 Å². The van der Waals surface area contributed by atoms with Crippen molar-refractivity contribution in [2.45, 2.75) is 59.8 Å². The summed E-state index contributed by atoms with van der Waals surface area (Å²) in [6.07, 6.45) is 5.51. The molecule has 1 atom stereocenters. The van der Waals surface area contributed by atoms with Gasteiger partial charge in [-0.25, -0.2) is 0 Å². The van der Waals surface area contributed by atoms with Crippen molar-refractivity contribution >= 4 is 5.91 Å². The van der Waals surface area contributed by atoms with E-state index in [4.69, 9.17) is 0 Å². The molecular formula is C17H32N2O. The lowest BCUT2D eigenvalue weighted by Gasteiger charge is -2.41. The minimum Gasteiger partial charge on any atom is -0.342 e. The van der Waals surface area contributed by atoms with Crippen LogP contribution >= 0.6 is 0 Å². The van der Waals surface area contributed by atoms with E-state index in [2.05, 4.69) is 37.9 Å². The third-order valence-corrected chi connectivity index (χ3v) is 5.43. The van der Waals surface area contributed by atoms with Gasteiger partial charge < -0.3 is 10.2 Å². The average Bonchev–Trinajstić information content (AvgIpc) is 2.87. The molecule has 2 aliphatic heterocycles. The van der Waals surface area contributed by atoms with Crippen LogP contribution in [0.4, 0.5) is 0 Å². The maximum absolute atomic E-state index is 13.0. The van der Waals surface area contributed by atoms with Crippen molar-refractivity contribution in [3.05, 3.63) is 0 Å². The fraction of sp³-hybridized carbons (Fsp3) is 0.941. The Balaban J connectivity index is 1.97. The predicted molar refractivity (Wildman–Crippen MR) is 83.6 cm³/mol. The molecule has 0 saturated carbocycles. The third-order valence-electron chi connectivity index (χ3n) is 5.43. The summed E-state index contributed by atoms with van der Waals surface area (Å²) in [7, 11) is 0. The summed E-state index contributed by atoms with van der Waals surface area (Å²) in [6, 6.07) is 0. The van der Waals surface area contributed by atoms with E-state index >= 15 is 0 Å². The molecule has 0 spiro atoms. The number of carbonyl (C=O) groups excluding carboxylic acids is 1. The van der Waals surface area contributed by atoms with Gasteiger partial charge >= 0.3 is 0 Å². The van der Waals surface area contributed by atoms with Crippen LogP contribution < -0.4 is 5.32 Å². The van der Waals surface area contributed by atoms with Crippen LogP contribution in [0.1, 0.15) is 59.8 Å². The number of likely N-dealkylation sites (tertiary alicyclic amines) is 1. The van der Waals surface area contributed by atoms with Crippen LogP contribution in [0.3, 0.4) is 0 Å². The average molecular weight is 280 g/mol. The van der Waals surface area contributed by atoms with Gasteiger partial charge in [0.2, 0.25) is 5.91 Å². The van der Waals surface area contributed by atoms with Crippen LogP contribution in [0.5, 0.6) is 0 Å². The molecule has 0 bridgehead atoms. The maximum Gasteiger partial charge on any atom is 0.230 e. The lowest BCUT2D eigenvalue weighted by Crippen LogP contribution is -2.49. The zero-order chi connectivity index (χ0) is 14.8. The largest absolute Gasteiger partial charge is 0.342 e. The van der Waals surface area contributed by atoms with Crippen LogP contribution in [0, 0.1) is 16.7 Å². The summed E-state index contributed by atoms with van der Waals surface area (Å²) in [5.74, 6) is 1.19. The monoisotopic (exact) mass is 280 g/mol. The van der Waals surface area contributed by atoms with Gasteiger partial charge in [-0.05, 0) is 43.6 Å². The molecule has 116 valence electrons. The van der Waals surface area contributed by atoms with Crippen LogP contribution in [-0.4, -0.2) is 37.0 Å². The lowest BCUT2D eigenvalue weighted by molar-refractivity contribution is -0.143. The SMILES string of the molecule is CCCC1(C(=O)N2CCC(C(C)(C)C)CC2)CCNC1. The van der Waals surface area contributed by atoms with Gasteiger partial charge in [-0.2, -0.15) is 0 Å². The van der Waals surface area contributed by atoms with E-state index < -0.39 is 0 Å². The lowest BCUT2D eigenvalue weighted by atomic mass is 9.74. The number of amides is 1. The Hall–Kier alpha value is -0.570. The molecule has 1 amide bonds. The number of nitrogens with zero attached hydrogens (tertiary/aromatic N) is 1. The van der Waals surface area contributed by atoms with Gasteiger partial charge in [-0.3, -0.25) is 4.79 Å². The molecule has 0 aliphatic carbocycles. The van der Waals surface area contributed by atoms with Gasteiger partial charge in [0.05, 0.1) is 5.41 Å². The highest BCUT2D eigenvalue weighted by Crippen LogP contribution is 2.38. The Morgan fingerprint density at radius 2 is 1.95 bits per heavy atom. The molecule has 2 aliphatic rings. The van der Waals surface area contributed by atoms with Crippen LogP contribution in [0.25, 0.3) is 0 Å². The Bertz CT molecular complexity index is 331. The van der Waals surface area contributed by atoms with Crippen LogP contribution in [0.2, 0.25) is 0 Å². The normalized spacial score (nSPS) is 28.9. The van der Waals surface area contributed by atoms with Gasteiger partial charge in [0.25, 0.3) is 0 Å². The number of hydrogen-bond donors (Lipinski definition) is 1. The molecule has 0 aromatic carbocycles. The first-order valence-electron chi connectivity index (χ1n) is 8.39. The Morgan fingerprint density at radius 1 is 1.30 bits per heavy atom. The Labute approximate surface area is 124 Å². The zero-order valence-corrected chi connectivity index (χ0v) is 13.8. The molecule has 1 unspecified atom stereocenters. The smallest absolute Gasteiger partial charge is 0.230 e. The van der Waals surface area contributed by atoms with Crippen molar-refractivity contribution in [1.29, 1.82) is 0 Å². The van der Waals surface area contributed by atoms with Gasteiger partial charge in [0.15, 0.2) is 0 Å². The quantitative estimate of drug-likeness (QED) is 0.862. The molecular weight excluding hydrogens is 248 g/mol. The second kappa shape index (κ2) is 6.05. The number of rotatable bonds is 3. The molecule has 0 aromatic rings. The van der Waals surface area contributed by atoms with E-state index in [-0.39, 0.29) is 5.41 Å². The zero-order valence-electron chi connectivity index (χ0n) is 13.8. The van der Waals surface area contributed by atoms with Gasteiger partial charge in [-0.1, -0.05) is 34.1 Å². The second-order valence-electron chi connectivity index (χ2n) is 7.89. The first-order valence-corrected chi connectivity index (χ1v) is 8.39. The minimum absolute atomic E-state index is 0.0939. The third kappa shape index (κ3) is 3.19. The standard InChI is InChI=1S/C17H32N2O/c1-5-8-17(9-10-18-13-17)15(20)19-11-6-14(7-12-19)16(2,3)4/h14,18H,5-13H2,1-4H3.